The van der Waals surface area contributed by atoms with Gasteiger partial charge in [0.05, 0.1) is 28.5 Å². The lowest BCUT2D eigenvalue weighted by atomic mass is 9.76. The predicted molar refractivity (Wildman–Crippen MR) is 139 cm³/mol. The van der Waals surface area contributed by atoms with Gasteiger partial charge in [-0.25, -0.2) is 22.5 Å². The van der Waals surface area contributed by atoms with Crippen LogP contribution < -0.4 is 0 Å². The van der Waals surface area contributed by atoms with Crippen LogP contribution >= 0.6 is 11.3 Å². The van der Waals surface area contributed by atoms with E-state index in [0.717, 1.165) is 28.1 Å². The zero-order valence-electron chi connectivity index (χ0n) is 19.9. The fraction of sp³-hybridized carbons (Fsp3) is 0.222. The molecule has 10 heteroatoms. The number of fused-ring (bicyclic) bond motifs is 2. The fourth-order valence-corrected chi connectivity index (χ4v) is 7.43. The summed E-state index contributed by atoms with van der Waals surface area (Å²) in [5, 5.41) is 6.54. The van der Waals surface area contributed by atoms with Crippen LogP contribution in [0.4, 0.5) is 4.39 Å². The van der Waals surface area contributed by atoms with E-state index in [2.05, 4.69) is 10.1 Å². The summed E-state index contributed by atoms with van der Waals surface area (Å²) >= 11 is 1.21. The van der Waals surface area contributed by atoms with E-state index in [0.29, 0.717) is 17.8 Å². The minimum absolute atomic E-state index is 0.170. The number of carbonyl (C=O) groups excluding carboxylic acids is 1. The summed E-state index contributed by atoms with van der Waals surface area (Å²) < 4.78 is 44.2. The number of Topliss-reactive ketones (excluding diaryl/α,β-unsaturated/α-hetero) is 1. The van der Waals surface area contributed by atoms with E-state index in [1.165, 1.54) is 27.8 Å². The molecule has 6 rings (SSSR count). The molecular formula is C27H23FN4O3S2. The number of carbonyl (C=O) groups is 1. The summed E-state index contributed by atoms with van der Waals surface area (Å²) in [6.45, 7) is 2.08. The molecule has 188 valence electrons. The third-order valence-electron chi connectivity index (χ3n) is 7.05. The molecule has 37 heavy (non-hydrogen) atoms. The lowest BCUT2D eigenvalue weighted by molar-refractivity contribution is 0.0826. The van der Waals surface area contributed by atoms with Crippen molar-refractivity contribution in [2.75, 3.05) is 6.54 Å². The van der Waals surface area contributed by atoms with Crippen LogP contribution in [0, 0.1) is 18.7 Å². The van der Waals surface area contributed by atoms with Crippen LogP contribution in [0.1, 0.15) is 33.0 Å². The summed E-state index contributed by atoms with van der Waals surface area (Å²) in [5.74, 6) is -0.965. The molecular weight excluding hydrogens is 511 g/mol. The highest BCUT2D eigenvalue weighted by atomic mass is 32.2. The second kappa shape index (κ2) is 9.13. The second-order valence-electron chi connectivity index (χ2n) is 9.30. The Hall–Kier alpha value is -3.47. The molecule has 3 heterocycles. The van der Waals surface area contributed by atoms with Gasteiger partial charge < -0.3 is 0 Å². The van der Waals surface area contributed by atoms with Crippen molar-refractivity contribution in [3.63, 3.8) is 0 Å². The first-order valence-corrected chi connectivity index (χ1v) is 14.2. The number of nitrogens with zero attached hydrogens (tertiary/aromatic N) is 4. The molecule has 1 unspecified atom stereocenters. The van der Waals surface area contributed by atoms with E-state index in [1.807, 2.05) is 13.0 Å². The Morgan fingerprint density at radius 1 is 1.11 bits per heavy atom. The van der Waals surface area contributed by atoms with E-state index in [9.17, 15) is 17.6 Å². The Morgan fingerprint density at radius 2 is 1.86 bits per heavy atom. The number of rotatable bonds is 5. The molecule has 2 atom stereocenters. The van der Waals surface area contributed by atoms with Gasteiger partial charge in [0.25, 0.3) is 0 Å². The van der Waals surface area contributed by atoms with Crippen LogP contribution in [-0.2, 0) is 16.4 Å². The van der Waals surface area contributed by atoms with E-state index in [4.69, 9.17) is 0 Å². The molecule has 2 aliphatic rings. The largest absolute Gasteiger partial charge is 0.290 e. The first-order valence-electron chi connectivity index (χ1n) is 11.9. The van der Waals surface area contributed by atoms with Crippen LogP contribution in [0.3, 0.4) is 0 Å². The number of piperidine rings is 1. The molecule has 0 spiro atoms. The van der Waals surface area contributed by atoms with Gasteiger partial charge in [-0.2, -0.15) is 9.40 Å². The fourth-order valence-electron chi connectivity index (χ4n) is 5.19. The van der Waals surface area contributed by atoms with Gasteiger partial charge in [0.2, 0.25) is 15.8 Å². The number of thiazole rings is 1. The zero-order valence-corrected chi connectivity index (χ0v) is 21.5. The number of aromatic nitrogens is 3. The molecule has 4 aromatic rings. The molecule has 7 nitrogen and oxygen atoms in total. The summed E-state index contributed by atoms with van der Waals surface area (Å²) in [4.78, 5) is 18.2. The Balaban J connectivity index is 1.42. The Labute approximate surface area is 218 Å². The SMILES string of the molecule is Cc1ccc(S(=O)(=O)N2CCC3=Cc4c(cnn4-c4ccc(F)cc4)CC3[C@H]2C(=O)c2nccs2)cc1. The van der Waals surface area contributed by atoms with Crippen molar-refractivity contribution < 1.29 is 17.6 Å². The van der Waals surface area contributed by atoms with E-state index in [-0.39, 0.29) is 29.0 Å². The number of sulfonamides is 1. The Morgan fingerprint density at radius 3 is 2.57 bits per heavy atom. The van der Waals surface area contributed by atoms with E-state index >= 15 is 0 Å². The van der Waals surface area contributed by atoms with Gasteiger partial charge in [-0.1, -0.05) is 23.3 Å². The highest BCUT2D eigenvalue weighted by Gasteiger charge is 2.47. The molecule has 2 aromatic carbocycles. The summed E-state index contributed by atoms with van der Waals surface area (Å²) in [7, 11) is -3.93. The average Bonchev–Trinajstić information content (AvgIpc) is 3.57. The van der Waals surface area contributed by atoms with Gasteiger partial charge in [-0.15, -0.1) is 11.3 Å². The number of hydrogen-bond donors (Lipinski definition) is 0. The lowest BCUT2D eigenvalue weighted by Gasteiger charge is -2.42. The first kappa shape index (κ1) is 23.9. The maximum absolute atomic E-state index is 13.8. The van der Waals surface area contributed by atoms with Crippen LogP contribution in [0.25, 0.3) is 11.8 Å². The molecule has 0 N–H and O–H groups in total. The molecule has 1 aliphatic heterocycles. The van der Waals surface area contributed by atoms with Gasteiger partial charge >= 0.3 is 0 Å². The minimum Gasteiger partial charge on any atom is -0.290 e. The van der Waals surface area contributed by atoms with Gasteiger partial charge in [0.1, 0.15) is 5.82 Å². The molecule has 1 fully saturated rings. The van der Waals surface area contributed by atoms with Crippen molar-refractivity contribution in [2.24, 2.45) is 5.92 Å². The third-order valence-corrected chi connectivity index (χ3v) is 9.73. The van der Waals surface area contributed by atoms with Crippen molar-refractivity contribution in [1.29, 1.82) is 0 Å². The highest BCUT2D eigenvalue weighted by Crippen LogP contribution is 2.41. The maximum atomic E-state index is 13.8. The Bertz CT molecular complexity index is 1610. The predicted octanol–water partition coefficient (Wildman–Crippen LogP) is 4.68. The third kappa shape index (κ3) is 4.14. The Kier molecular flexibility index (Phi) is 5.89. The van der Waals surface area contributed by atoms with Gasteiger partial charge in [-0.05, 0) is 67.8 Å². The van der Waals surface area contributed by atoms with Crippen molar-refractivity contribution in [3.8, 4) is 5.69 Å². The summed E-state index contributed by atoms with van der Waals surface area (Å²) in [5.41, 5.74) is 4.46. The van der Waals surface area contributed by atoms with E-state index in [1.54, 1.807) is 58.9 Å². The molecule has 0 amide bonds. The summed E-state index contributed by atoms with van der Waals surface area (Å²) in [6, 6.07) is 11.9. The maximum Gasteiger partial charge on any atom is 0.243 e. The molecule has 1 saturated heterocycles. The number of aryl methyl sites for hydroxylation is 1. The highest BCUT2D eigenvalue weighted by molar-refractivity contribution is 7.89. The summed E-state index contributed by atoms with van der Waals surface area (Å²) in [6.07, 6.45) is 6.26. The normalized spacial score (nSPS) is 19.7. The monoisotopic (exact) mass is 534 g/mol. The van der Waals surface area contributed by atoms with Crippen molar-refractivity contribution >= 4 is 33.2 Å². The molecule has 0 saturated carbocycles. The first-order chi connectivity index (χ1) is 17.8. The molecule has 2 aromatic heterocycles. The average molecular weight is 535 g/mol. The molecule has 0 radical (unpaired) electrons. The van der Waals surface area contributed by atoms with Gasteiger partial charge in [0, 0.05) is 24.0 Å². The quantitative estimate of drug-likeness (QED) is 0.347. The number of ketones is 1. The second-order valence-corrected chi connectivity index (χ2v) is 12.1. The van der Waals surface area contributed by atoms with Gasteiger partial charge in [-0.3, -0.25) is 4.79 Å². The van der Waals surface area contributed by atoms with Crippen molar-refractivity contribution in [3.05, 3.63) is 99.5 Å². The van der Waals surface area contributed by atoms with Crippen molar-refractivity contribution in [1.82, 2.24) is 19.1 Å². The topological polar surface area (TPSA) is 85.2 Å². The van der Waals surface area contributed by atoms with Crippen LogP contribution in [0.2, 0.25) is 0 Å². The standard InChI is InChI=1S/C27H23FN4O3S2/c1-17-2-8-22(9-3-17)37(34,35)31-12-10-18-15-24-19(16-30-32(24)21-6-4-20(28)5-7-21)14-23(18)25(31)26(33)27-29-11-13-36-27/h2-9,11,13,15-16,23,25H,10,12,14H2,1H3/t23?,25-/m0/s1. The van der Waals surface area contributed by atoms with Gasteiger partial charge in [0.15, 0.2) is 5.01 Å². The smallest absolute Gasteiger partial charge is 0.243 e. The molecule has 1 aliphatic carbocycles. The van der Waals surface area contributed by atoms with Crippen molar-refractivity contribution in [2.45, 2.75) is 30.7 Å². The van der Waals surface area contributed by atoms with Crippen LogP contribution in [0.5, 0.6) is 0 Å². The minimum atomic E-state index is -3.93. The molecule has 0 bridgehead atoms. The number of benzene rings is 2. The lowest BCUT2D eigenvalue weighted by Crippen LogP contribution is -2.54. The van der Waals surface area contributed by atoms with Crippen LogP contribution in [-0.4, -0.2) is 45.9 Å². The number of halogens is 1. The van der Waals surface area contributed by atoms with Crippen LogP contribution in [0.15, 0.2) is 76.8 Å². The number of hydrogen-bond acceptors (Lipinski definition) is 6. The zero-order chi connectivity index (χ0) is 25.7. The van der Waals surface area contributed by atoms with E-state index < -0.39 is 16.1 Å².